The zero-order valence-corrected chi connectivity index (χ0v) is 16.0. The van der Waals surface area contributed by atoms with E-state index in [0.29, 0.717) is 31.9 Å². The van der Waals surface area contributed by atoms with Gasteiger partial charge in [0.25, 0.3) is 0 Å². The molecule has 0 N–H and O–H groups in total. The van der Waals surface area contributed by atoms with Crippen molar-refractivity contribution in [1.29, 1.82) is 0 Å². The summed E-state index contributed by atoms with van der Waals surface area (Å²) in [4.78, 5) is 12.5. The first-order chi connectivity index (χ1) is 13.2. The van der Waals surface area contributed by atoms with Crippen LogP contribution in [0, 0.1) is 6.92 Å². The maximum absolute atomic E-state index is 12.5. The SMILES string of the molecule is CCOC(=O)c1c(C)n(CCOC)c2ccc(OCc3ccccc3)cc12. The quantitative estimate of drug-likeness (QED) is 0.555. The Bertz CT molecular complexity index is 915. The van der Waals surface area contributed by atoms with Gasteiger partial charge in [-0.1, -0.05) is 30.3 Å². The second-order valence-corrected chi connectivity index (χ2v) is 6.28. The first-order valence-electron chi connectivity index (χ1n) is 9.11. The van der Waals surface area contributed by atoms with Gasteiger partial charge in [-0.25, -0.2) is 4.79 Å². The molecule has 2 aromatic carbocycles. The number of carbonyl (C=O) groups excluding carboxylic acids is 1. The summed E-state index contributed by atoms with van der Waals surface area (Å²) in [5, 5.41) is 0.840. The van der Waals surface area contributed by atoms with Crippen LogP contribution in [0.4, 0.5) is 0 Å². The topological polar surface area (TPSA) is 49.7 Å². The molecule has 27 heavy (non-hydrogen) atoms. The molecular weight excluding hydrogens is 342 g/mol. The molecule has 0 aliphatic rings. The van der Waals surface area contributed by atoms with Crippen LogP contribution in [-0.2, 0) is 22.6 Å². The minimum atomic E-state index is -0.309. The molecule has 0 fully saturated rings. The predicted molar refractivity (Wildman–Crippen MR) is 105 cm³/mol. The monoisotopic (exact) mass is 367 g/mol. The fraction of sp³-hybridized carbons (Fsp3) is 0.318. The molecule has 0 unspecified atom stereocenters. The lowest BCUT2D eigenvalue weighted by Gasteiger charge is -2.09. The van der Waals surface area contributed by atoms with E-state index in [-0.39, 0.29) is 5.97 Å². The first-order valence-corrected chi connectivity index (χ1v) is 9.11. The second kappa shape index (κ2) is 8.73. The van der Waals surface area contributed by atoms with Gasteiger partial charge in [-0.2, -0.15) is 0 Å². The summed E-state index contributed by atoms with van der Waals surface area (Å²) in [6.07, 6.45) is 0. The molecule has 1 heterocycles. The van der Waals surface area contributed by atoms with Crippen molar-refractivity contribution in [3.63, 3.8) is 0 Å². The first kappa shape index (κ1) is 19.0. The van der Waals surface area contributed by atoms with Crippen molar-refractivity contribution in [2.75, 3.05) is 20.3 Å². The number of methoxy groups -OCH3 is 1. The van der Waals surface area contributed by atoms with Crippen molar-refractivity contribution >= 4 is 16.9 Å². The minimum Gasteiger partial charge on any atom is -0.489 e. The average molecular weight is 367 g/mol. The lowest BCUT2D eigenvalue weighted by molar-refractivity contribution is 0.0527. The Balaban J connectivity index is 1.97. The Hall–Kier alpha value is -2.79. The Morgan fingerprint density at radius 1 is 1.11 bits per heavy atom. The highest BCUT2D eigenvalue weighted by atomic mass is 16.5. The van der Waals surface area contributed by atoms with E-state index in [4.69, 9.17) is 14.2 Å². The van der Waals surface area contributed by atoms with Crippen LogP contribution in [0.15, 0.2) is 48.5 Å². The fourth-order valence-corrected chi connectivity index (χ4v) is 3.22. The van der Waals surface area contributed by atoms with E-state index in [1.807, 2.05) is 62.4 Å². The van der Waals surface area contributed by atoms with E-state index in [1.54, 1.807) is 7.11 Å². The number of rotatable bonds is 8. The molecule has 0 spiro atoms. The van der Waals surface area contributed by atoms with E-state index in [2.05, 4.69) is 4.57 Å². The van der Waals surface area contributed by atoms with Crippen LogP contribution in [0.3, 0.4) is 0 Å². The zero-order valence-electron chi connectivity index (χ0n) is 16.0. The molecule has 142 valence electrons. The van der Waals surface area contributed by atoms with E-state index < -0.39 is 0 Å². The smallest absolute Gasteiger partial charge is 0.340 e. The molecule has 0 radical (unpaired) electrons. The zero-order chi connectivity index (χ0) is 19.2. The molecule has 0 bridgehead atoms. The highest BCUT2D eigenvalue weighted by Crippen LogP contribution is 2.30. The van der Waals surface area contributed by atoms with Crippen molar-refractivity contribution in [3.05, 3.63) is 65.4 Å². The summed E-state index contributed by atoms with van der Waals surface area (Å²) in [7, 11) is 1.67. The van der Waals surface area contributed by atoms with Gasteiger partial charge < -0.3 is 18.8 Å². The van der Waals surface area contributed by atoms with Gasteiger partial charge in [-0.3, -0.25) is 0 Å². The van der Waals surface area contributed by atoms with Crippen molar-refractivity contribution in [2.45, 2.75) is 27.0 Å². The van der Waals surface area contributed by atoms with Gasteiger partial charge in [0.05, 0.1) is 18.8 Å². The highest BCUT2D eigenvalue weighted by Gasteiger charge is 2.21. The lowest BCUT2D eigenvalue weighted by Crippen LogP contribution is -2.09. The van der Waals surface area contributed by atoms with Crippen molar-refractivity contribution in [1.82, 2.24) is 4.57 Å². The van der Waals surface area contributed by atoms with E-state index in [9.17, 15) is 4.79 Å². The third kappa shape index (κ3) is 4.14. The standard InChI is InChI=1S/C22H25NO4/c1-4-26-22(24)21-16(2)23(12-13-25-3)20-11-10-18(14-19(20)21)27-15-17-8-6-5-7-9-17/h5-11,14H,4,12-13,15H2,1-3H3. The van der Waals surface area contributed by atoms with Crippen LogP contribution in [0.25, 0.3) is 10.9 Å². The molecule has 0 saturated carbocycles. The van der Waals surface area contributed by atoms with Crippen molar-refractivity contribution < 1.29 is 19.0 Å². The molecule has 0 atom stereocenters. The summed E-state index contributed by atoms with van der Waals surface area (Å²) in [6.45, 7) is 5.80. The number of fused-ring (bicyclic) bond motifs is 1. The number of nitrogens with zero attached hydrogens (tertiary/aromatic N) is 1. The van der Waals surface area contributed by atoms with Gasteiger partial charge in [0.1, 0.15) is 12.4 Å². The molecule has 0 aliphatic carbocycles. The average Bonchev–Trinajstić information content (AvgIpc) is 2.96. The number of hydrogen-bond donors (Lipinski definition) is 0. The number of carbonyl (C=O) groups is 1. The van der Waals surface area contributed by atoms with Crippen LogP contribution in [0.5, 0.6) is 5.75 Å². The third-order valence-corrected chi connectivity index (χ3v) is 4.54. The van der Waals surface area contributed by atoms with Gasteiger partial charge in [0.2, 0.25) is 0 Å². The minimum absolute atomic E-state index is 0.309. The summed E-state index contributed by atoms with van der Waals surface area (Å²) in [5.74, 6) is 0.414. The molecule has 0 saturated heterocycles. The van der Waals surface area contributed by atoms with Crippen LogP contribution < -0.4 is 4.74 Å². The van der Waals surface area contributed by atoms with Crippen molar-refractivity contribution in [3.8, 4) is 5.75 Å². The number of ether oxygens (including phenoxy) is 3. The molecule has 5 nitrogen and oxygen atoms in total. The maximum Gasteiger partial charge on any atom is 0.340 e. The van der Waals surface area contributed by atoms with Crippen LogP contribution in [0.1, 0.15) is 28.5 Å². The summed E-state index contributed by atoms with van der Waals surface area (Å²) < 4.78 is 18.5. The number of aromatic nitrogens is 1. The van der Waals surface area contributed by atoms with Gasteiger partial charge in [-0.05, 0) is 37.6 Å². The number of benzene rings is 2. The summed E-state index contributed by atoms with van der Waals surface area (Å²) in [6, 6.07) is 15.8. The summed E-state index contributed by atoms with van der Waals surface area (Å²) >= 11 is 0. The summed E-state index contributed by atoms with van der Waals surface area (Å²) in [5.41, 5.74) is 3.53. The second-order valence-electron chi connectivity index (χ2n) is 6.28. The van der Waals surface area contributed by atoms with Crippen LogP contribution >= 0.6 is 0 Å². The fourth-order valence-electron chi connectivity index (χ4n) is 3.22. The molecule has 1 aromatic heterocycles. The maximum atomic E-state index is 12.5. The number of hydrogen-bond acceptors (Lipinski definition) is 4. The van der Waals surface area contributed by atoms with Gasteiger partial charge in [0, 0.05) is 30.3 Å². The molecule has 5 heteroatoms. The Labute approximate surface area is 159 Å². The van der Waals surface area contributed by atoms with Gasteiger partial charge in [-0.15, -0.1) is 0 Å². The van der Waals surface area contributed by atoms with Crippen molar-refractivity contribution in [2.24, 2.45) is 0 Å². The third-order valence-electron chi connectivity index (χ3n) is 4.54. The van der Waals surface area contributed by atoms with Gasteiger partial charge in [0.15, 0.2) is 0 Å². The molecule has 0 aliphatic heterocycles. The Morgan fingerprint density at radius 3 is 2.59 bits per heavy atom. The highest BCUT2D eigenvalue weighted by molar-refractivity contribution is 6.06. The predicted octanol–water partition coefficient (Wildman–Crippen LogP) is 4.35. The molecule has 3 rings (SSSR count). The van der Waals surface area contributed by atoms with E-state index >= 15 is 0 Å². The van der Waals surface area contributed by atoms with Crippen LogP contribution in [-0.4, -0.2) is 30.9 Å². The van der Waals surface area contributed by atoms with Gasteiger partial charge >= 0.3 is 5.97 Å². The molecule has 0 amide bonds. The normalized spacial score (nSPS) is 10.9. The van der Waals surface area contributed by atoms with Crippen LogP contribution in [0.2, 0.25) is 0 Å². The lowest BCUT2D eigenvalue weighted by atomic mass is 10.1. The number of esters is 1. The Kier molecular flexibility index (Phi) is 6.14. The largest absolute Gasteiger partial charge is 0.489 e. The molecule has 3 aromatic rings. The molecular formula is C22H25NO4. The Morgan fingerprint density at radius 2 is 1.89 bits per heavy atom. The van der Waals surface area contributed by atoms with E-state index in [0.717, 1.165) is 27.9 Å². The van der Waals surface area contributed by atoms with E-state index in [1.165, 1.54) is 0 Å².